The Labute approximate surface area is 231 Å². The van der Waals surface area contributed by atoms with Gasteiger partial charge in [-0.25, -0.2) is 21.6 Å². The van der Waals surface area contributed by atoms with Crippen LogP contribution in [0.1, 0.15) is 50.9 Å². The minimum Gasteiger partial charge on any atom is -0.395 e. The van der Waals surface area contributed by atoms with Gasteiger partial charge in [0, 0.05) is 24.3 Å². The molecule has 0 atom stereocenters. The number of anilines is 3. The molecule has 0 aliphatic carbocycles. The zero-order valence-electron chi connectivity index (χ0n) is 22.8. The monoisotopic (exact) mass is 578 g/mol. The fourth-order valence-electron chi connectivity index (χ4n) is 4.41. The summed E-state index contributed by atoms with van der Waals surface area (Å²) in [6.07, 6.45) is 1.69. The van der Waals surface area contributed by atoms with Crippen molar-refractivity contribution >= 4 is 43.0 Å². The Hall–Kier alpha value is -2.93. The molecule has 1 aliphatic heterocycles. The first kappa shape index (κ1) is 30.6. The lowest BCUT2D eigenvalue weighted by molar-refractivity contribution is 0.102. The summed E-state index contributed by atoms with van der Waals surface area (Å²) in [7, 11) is -7.57. The molecule has 1 aliphatic rings. The number of allylic oxidation sites excluding steroid dienone is 1. The Morgan fingerprint density at radius 2 is 1.72 bits per heavy atom. The molecule has 2 aromatic rings. The van der Waals surface area contributed by atoms with Crippen LogP contribution in [0.2, 0.25) is 0 Å². The van der Waals surface area contributed by atoms with E-state index in [4.69, 9.17) is 5.11 Å². The molecule has 10 nitrogen and oxygen atoms in total. The molecule has 0 bridgehead atoms. The Bertz CT molecular complexity index is 1420. The van der Waals surface area contributed by atoms with E-state index in [0.717, 1.165) is 18.4 Å². The quantitative estimate of drug-likeness (QED) is 0.316. The highest BCUT2D eigenvalue weighted by atomic mass is 32.2. The van der Waals surface area contributed by atoms with E-state index in [9.17, 15) is 21.6 Å². The number of rotatable bonds is 10. The summed E-state index contributed by atoms with van der Waals surface area (Å²) in [5.41, 5.74) is 1.87. The van der Waals surface area contributed by atoms with Crippen LogP contribution in [-0.2, 0) is 20.0 Å². The van der Waals surface area contributed by atoms with E-state index in [-0.39, 0.29) is 10.6 Å². The zero-order chi connectivity index (χ0) is 29.0. The molecule has 0 aromatic heterocycles. The number of hydrogen-bond acceptors (Lipinski definition) is 7. The van der Waals surface area contributed by atoms with Crippen molar-refractivity contribution in [3.05, 3.63) is 60.2 Å². The molecule has 1 saturated heterocycles. The van der Waals surface area contributed by atoms with Gasteiger partial charge in [-0.1, -0.05) is 18.2 Å². The van der Waals surface area contributed by atoms with Crippen LogP contribution in [0.25, 0.3) is 0 Å². The topological polar surface area (TPSA) is 145 Å². The Kier molecular flexibility index (Phi) is 9.47. The van der Waals surface area contributed by atoms with Crippen molar-refractivity contribution in [2.75, 3.05) is 40.4 Å². The normalized spacial score (nSPS) is 15.2. The maximum absolute atomic E-state index is 13.5. The van der Waals surface area contributed by atoms with Crippen LogP contribution in [0.3, 0.4) is 0 Å². The van der Waals surface area contributed by atoms with Gasteiger partial charge in [0.2, 0.25) is 20.0 Å². The van der Waals surface area contributed by atoms with E-state index >= 15 is 0 Å². The predicted octanol–water partition coefficient (Wildman–Crippen LogP) is 3.54. The van der Waals surface area contributed by atoms with Crippen LogP contribution >= 0.6 is 0 Å². The molecule has 0 unspecified atom stereocenters. The summed E-state index contributed by atoms with van der Waals surface area (Å²) in [6, 6.07) is 10.6. The number of aliphatic hydroxyl groups is 1. The number of piperidine rings is 1. The first-order valence-corrected chi connectivity index (χ1v) is 15.8. The number of aliphatic hydroxyl groups excluding tert-OH is 1. The van der Waals surface area contributed by atoms with Crippen LogP contribution < -0.4 is 19.7 Å². The molecule has 1 heterocycles. The van der Waals surface area contributed by atoms with Gasteiger partial charge in [-0.05, 0) is 82.9 Å². The maximum Gasteiger partial charge on any atom is 0.257 e. The second-order valence-corrected chi connectivity index (χ2v) is 14.3. The lowest BCUT2D eigenvalue weighted by atomic mass is 9.90. The van der Waals surface area contributed by atoms with Gasteiger partial charge in [-0.2, -0.15) is 0 Å². The van der Waals surface area contributed by atoms with Crippen molar-refractivity contribution in [1.82, 2.24) is 4.72 Å². The molecule has 0 spiro atoms. The SMILES string of the molecule is C=C(C)C1CCN(c2cc(NS(=O)(=O)CCO)ccc2C(=O)Nc2cccc(S(=O)(=O)NC(C)(C)C)c2)CC1. The maximum atomic E-state index is 13.5. The fourth-order valence-corrected chi connectivity index (χ4v) is 6.71. The summed E-state index contributed by atoms with van der Waals surface area (Å²) in [5.74, 6) is -0.538. The molecular formula is C27H38N4O6S2. The molecule has 1 amide bonds. The number of nitrogens with zero attached hydrogens (tertiary/aromatic N) is 1. The number of benzene rings is 2. The van der Waals surface area contributed by atoms with Gasteiger partial charge < -0.3 is 15.3 Å². The van der Waals surface area contributed by atoms with Crippen molar-refractivity contribution in [1.29, 1.82) is 0 Å². The van der Waals surface area contributed by atoms with Crippen LogP contribution in [0.15, 0.2) is 59.5 Å². The van der Waals surface area contributed by atoms with E-state index in [1.54, 1.807) is 39.0 Å². The number of carbonyl (C=O) groups is 1. The second kappa shape index (κ2) is 12.1. The third-order valence-corrected chi connectivity index (χ3v) is 9.27. The molecule has 39 heavy (non-hydrogen) atoms. The lowest BCUT2D eigenvalue weighted by Crippen LogP contribution is -2.40. The van der Waals surface area contributed by atoms with Crippen molar-refractivity contribution in [2.24, 2.45) is 5.92 Å². The number of nitrogens with one attached hydrogen (secondary N) is 3. The molecule has 0 saturated carbocycles. The van der Waals surface area contributed by atoms with Gasteiger partial charge in [-0.3, -0.25) is 9.52 Å². The average Bonchev–Trinajstić information content (AvgIpc) is 2.82. The highest BCUT2D eigenvalue weighted by Gasteiger charge is 2.26. The Morgan fingerprint density at radius 1 is 1.05 bits per heavy atom. The van der Waals surface area contributed by atoms with Crippen LogP contribution in [0.4, 0.5) is 17.1 Å². The molecule has 214 valence electrons. The standard InChI is InChI=1S/C27H38N4O6S2/c1-19(2)20-11-13-31(14-12-20)25-18-22(29-38(34,35)16-15-32)9-10-24(25)26(33)28-21-7-6-8-23(17-21)39(36,37)30-27(3,4)5/h6-10,17-18,20,29-30,32H,1,11-16H2,2-5H3,(H,28,33). The highest BCUT2D eigenvalue weighted by molar-refractivity contribution is 7.92. The Morgan fingerprint density at radius 3 is 2.31 bits per heavy atom. The summed E-state index contributed by atoms with van der Waals surface area (Å²) >= 11 is 0. The summed E-state index contributed by atoms with van der Waals surface area (Å²) in [5, 5.41) is 11.8. The van der Waals surface area contributed by atoms with Crippen LogP contribution in [0.5, 0.6) is 0 Å². The first-order valence-electron chi connectivity index (χ1n) is 12.7. The minimum absolute atomic E-state index is 0.0194. The zero-order valence-corrected chi connectivity index (χ0v) is 24.5. The highest BCUT2D eigenvalue weighted by Crippen LogP contribution is 2.32. The largest absolute Gasteiger partial charge is 0.395 e. The van der Waals surface area contributed by atoms with Gasteiger partial charge in [0.25, 0.3) is 5.91 Å². The first-order chi connectivity index (χ1) is 18.1. The van der Waals surface area contributed by atoms with E-state index in [1.165, 1.54) is 24.3 Å². The van der Waals surface area contributed by atoms with E-state index in [0.29, 0.717) is 35.9 Å². The third-order valence-electron chi connectivity index (χ3n) is 6.25. The number of amides is 1. The summed E-state index contributed by atoms with van der Waals surface area (Å²) < 4.78 is 55.1. The molecule has 4 N–H and O–H groups in total. The van der Waals surface area contributed by atoms with Crippen LogP contribution in [0, 0.1) is 5.92 Å². The number of hydrogen-bond donors (Lipinski definition) is 4. The molecule has 12 heteroatoms. The molecule has 1 fully saturated rings. The summed E-state index contributed by atoms with van der Waals surface area (Å²) in [4.78, 5) is 15.5. The van der Waals surface area contributed by atoms with Crippen molar-refractivity contribution in [3.63, 3.8) is 0 Å². The van der Waals surface area contributed by atoms with Gasteiger partial charge in [-0.15, -0.1) is 0 Å². The van der Waals surface area contributed by atoms with Crippen molar-refractivity contribution < 1.29 is 26.7 Å². The van der Waals surface area contributed by atoms with E-state index < -0.39 is 43.9 Å². The van der Waals surface area contributed by atoms with Crippen molar-refractivity contribution in [2.45, 2.75) is 51.0 Å². The number of carbonyl (C=O) groups excluding carboxylic acids is 1. The van der Waals surface area contributed by atoms with E-state index in [2.05, 4.69) is 21.3 Å². The van der Waals surface area contributed by atoms with Gasteiger partial charge in [0.1, 0.15) is 0 Å². The van der Waals surface area contributed by atoms with Gasteiger partial charge in [0.05, 0.1) is 34.2 Å². The minimum atomic E-state index is -3.81. The van der Waals surface area contributed by atoms with E-state index in [1.807, 2.05) is 11.8 Å². The lowest BCUT2D eigenvalue weighted by Gasteiger charge is -2.35. The third kappa shape index (κ3) is 8.53. The smallest absolute Gasteiger partial charge is 0.257 e. The number of sulfonamides is 2. The van der Waals surface area contributed by atoms with Gasteiger partial charge in [0.15, 0.2) is 0 Å². The van der Waals surface area contributed by atoms with Crippen molar-refractivity contribution in [3.8, 4) is 0 Å². The van der Waals surface area contributed by atoms with Gasteiger partial charge >= 0.3 is 0 Å². The van der Waals surface area contributed by atoms with Crippen LogP contribution in [-0.4, -0.2) is 58.8 Å². The summed E-state index contributed by atoms with van der Waals surface area (Å²) in [6.45, 7) is 12.1. The fraction of sp³-hybridized carbons (Fsp3) is 0.444. The Balaban J connectivity index is 1.92. The molecule has 3 rings (SSSR count). The molecule has 2 aromatic carbocycles. The predicted molar refractivity (Wildman–Crippen MR) is 155 cm³/mol. The second-order valence-electron chi connectivity index (χ2n) is 10.8. The average molecular weight is 579 g/mol. The molecular weight excluding hydrogens is 540 g/mol. The molecule has 0 radical (unpaired) electrons.